The van der Waals surface area contributed by atoms with E-state index < -0.39 is 18.1 Å². The van der Waals surface area contributed by atoms with Crippen molar-refractivity contribution in [2.75, 3.05) is 0 Å². The van der Waals surface area contributed by atoms with Crippen molar-refractivity contribution < 1.29 is 14.7 Å². The van der Waals surface area contributed by atoms with Gasteiger partial charge in [-0.15, -0.1) is 0 Å². The first-order chi connectivity index (χ1) is 13.1. The highest BCUT2D eigenvalue weighted by Crippen LogP contribution is 2.27. The molecule has 0 radical (unpaired) electrons. The summed E-state index contributed by atoms with van der Waals surface area (Å²) in [5, 5.41) is 12.0. The standard InChI is InChI=1S/C23H21NO3/c25-22(19-14-8-3-9-15-19)21(18-12-6-2-7-13-18)20(24-23(26)27)16-17-10-4-1-5-11-17/h1-15,20-21,24H,16H2,(H,26,27). The molecule has 0 bridgehead atoms. The molecule has 0 aliphatic rings. The van der Waals surface area contributed by atoms with Crippen molar-refractivity contribution in [3.63, 3.8) is 0 Å². The second-order valence-corrected chi connectivity index (χ2v) is 6.36. The molecule has 2 unspecified atom stereocenters. The Bertz CT molecular complexity index is 879. The molecule has 0 fully saturated rings. The molecule has 0 spiro atoms. The quantitative estimate of drug-likeness (QED) is 0.609. The Morgan fingerprint density at radius 2 is 1.30 bits per heavy atom. The van der Waals surface area contributed by atoms with E-state index in [2.05, 4.69) is 5.32 Å². The van der Waals surface area contributed by atoms with E-state index in [4.69, 9.17) is 0 Å². The molecule has 0 aromatic heterocycles. The van der Waals surface area contributed by atoms with Crippen molar-refractivity contribution >= 4 is 11.9 Å². The van der Waals surface area contributed by atoms with Crippen LogP contribution in [-0.4, -0.2) is 23.0 Å². The van der Waals surface area contributed by atoms with E-state index >= 15 is 0 Å². The zero-order valence-electron chi connectivity index (χ0n) is 14.8. The largest absolute Gasteiger partial charge is 0.465 e. The fourth-order valence-corrected chi connectivity index (χ4v) is 3.29. The summed E-state index contributed by atoms with van der Waals surface area (Å²) < 4.78 is 0. The smallest absolute Gasteiger partial charge is 0.404 e. The molecule has 4 heteroatoms. The molecule has 3 rings (SSSR count). The van der Waals surface area contributed by atoms with Gasteiger partial charge in [-0.1, -0.05) is 91.0 Å². The fraction of sp³-hybridized carbons (Fsp3) is 0.130. The lowest BCUT2D eigenvalue weighted by molar-refractivity contribution is 0.0939. The minimum absolute atomic E-state index is 0.100. The van der Waals surface area contributed by atoms with Crippen molar-refractivity contribution in [2.45, 2.75) is 18.4 Å². The lowest BCUT2D eigenvalue weighted by Gasteiger charge is -2.27. The topological polar surface area (TPSA) is 66.4 Å². The van der Waals surface area contributed by atoms with Gasteiger partial charge in [0.1, 0.15) is 0 Å². The molecule has 3 aromatic rings. The predicted octanol–water partition coefficient (Wildman–Crippen LogP) is 4.53. The minimum atomic E-state index is -1.14. The molecule has 0 saturated carbocycles. The average Bonchev–Trinajstić information content (AvgIpc) is 2.70. The highest BCUT2D eigenvalue weighted by molar-refractivity contribution is 6.01. The van der Waals surface area contributed by atoms with Crippen LogP contribution >= 0.6 is 0 Å². The average molecular weight is 359 g/mol. The highest BCUT2D eigenvalue weighted by atomic mass is 16.4. The molecule has 2 atom stereocenters. The summed E-state index contributed by atoms with van der Waals surface area (Å²) in [6.07, 6.45) is -0.719. The van der Waals surface area contributed by atoms with Crippen LogP contribution in [0.15, 0.2) is 91.0 Å². The van der Waals surface area contributed by atoms with E-state index in [9.17, 15) is 14.7 Å². The number of hydrogen-bond acceptors (Lipinski definition) is 2. The number of amides is 1. The summed E-state index contributed by atoms with van der Waals surface area (Å²) in [7, 11) is 0. The predicted molar refractivity (Wildman–Crippen MR) is 105 cm³/mol. The van der Waals surface area contributed by atoms with Crippen LogP contribution in [0, 0.1) is 0 Å². The number of carbonyl (C=O) groups excluding carboxylic acids is 1. The van der Waals surface area contributed by atoms with Crippen molar-refractivity contribution in [1.29, 1.82) is 0 Å². The van der Waals surface area contributed by atoms with Gasteiger partial charge in [-0.25, -0.2) is 4.79 Å². The van der Waals surface area contributed by atoms with Gasteiger partial charge in [0.15, 0.2) is 5.78 Å². The summed E-state index contributed by atoms with van der Waals surface area (Å²) in [5.41, 5.74) is 2.33. The fourth-order valence-electron chi connectivity index (χ4n) is 3.29. The van der Waals surface area contributed by atoms with Crippen LogP contribution in [0.5, 0.6) is 0 Å². The van der Waals surface area contributed by atoms with Crippen LogP contribution in [0.4, 0.5) is 4.79 Å². The minimum Gasteiger partial charge on any atom is -0.465 e. The highest BCUT2D eigenvalue weighted by Gasteiger charge is 2.32. The number of benzene rings is 3. The van der Waals surface area contributed by atoms with Crippen LogP contribution in [0.1, 0.15) is 27.4 Å². The molecule has 0 heterocycles. The Morgan fingerprint density at radius 1 is 0.778 bits per heavy atom. The Balaban J connectivity index is 2.02. The van der Waals surface area contributed by atoms with Crippen molar-refractivity contribution in [1.82, 2.24) is 5.32 Å². The molecular formula is C23H21NO3. The molecule has 0 aliphatic carbocycles. The summed E-state index contributed by atoms with van der Waals surface area (Å²) in [6, 6.07) is 27.4. The molecular weight excluding hydrogens is 338 g/mol. The summed E-state index contributed by atoms with van der Waals surface area (Å²) in [6.45, 7) is 0. The maximum Gasteiger partial charge on any atom is 0.404 e. The number of carboxylic acid groups (broad SMARTS) is 1. The van der Waals surface area contributed by atoms with Crippen molar-refractivity contribution in [3.05, 3.63) is 108 Å². The molecule has 0 saturated heterocycles. The van der Waals surface area contributed by atoms with Crippen LogP contribution < -0.4 is 5.32 Å². The van der Waals surface area contributed by atoms with Gasteiger partial charge < -0.3 is 10.4 Å². The number of rotatable bonds is 7. The van der Waals surface area contributed by atoms with E-state index in [1.165, 1.54) is 0 Å². The Kier molecular flexibility index (Phi) is 6.00. The SMILES string of the molecule is O=C(O)NC(Cc1ccccc1)C(C(=O)c1ccccc1)c1ccccc1. The van der Waals surface area contributed by atoms with Crippen molar-refractivity contribution in [2.24, 2.45) is 0 Å². The van der Waals surface area contributed by atoms with Gasteiger partial charge in [0.25, 0.3) is 0 Å². The molecule has 136 valence electrons. The van der Waals surface area contributed by atoms with E-state index in [0.717, 1.165) is 11.1 Å². The van der Waals surface area contributed by atoms with Gasteiger partial charge in [0.05, 0.1) is 12.0 Å². The summed E-state index contributed by atoms with van der Waals surface area (Å²) in [4.78, 5) is 24.8. The lowest BCUT2D eigenvalue weighted by atomic mass is 9.82. The van der Waals surface area contributed by atoms with Gasteiger partial charge in [0, 0.05) is 5.56 Å². The van der Waals surface area contributed by atoms with Gasteiger partial charge in [0.2, 0.25) is 0 Å². The Morgan fingerprint density at radius 3 is 1.85 bits per heavy atom. The number of Topliss-reactive ketones (excluding diaryl/α,β-unsaturated/α-hetero) is 1. The second kappa shape index (κ2) is 8.81. The van der Waals surface area contributed by atoms with Gasteiger partial charge in [-0.2, -0.15) is 0 Å². The normalized spacial score (nSPS) is 12.7. The molecule has 1 amide bonds. The maximum atomic E-state index is 13.3. The van der Waals surface area contributed by atoms with E-state index in [0.29, 0.717) is 12.0 Å². The van der Waals surface area contributed by atoms with E-state index in [1.54, 1.807) is 12.1 Å². The van der Waals surface area contributed by atoms with Crippen molar-refractivity contribution in [3.8, 4) is 0 Å². The first-order valence-electron chi connectivity index (χ1n) is 8.83. The summed E-state index contributed by atoms with van der Waals surface area (Å²) in [5.74, 6) is -0.721. The van der Waals surface area contributed by atoms with Gasteiger partial charge in [-0.05, 0) is 17.5 Å². The lowest BCUT2D eigenvalue weighted by Crippen LogP contribution is -2.43. The molecule has 27 heavy (non-hydrogen) atoms. The van der Waals surface area contributed by atoms with E-state index in [-0.39, 0.29) is 5.78 Å². The third kappa shape index (κ3) is 4.82. The number of carbonyl (C=O) groups is 2. The third-order valence-electron chi connectivity index (χ3n) is 4.51. The zero-order chi connectivity index (χ0) is 19.1. The monoisotopic (exact) mass is 359 g/mol. The Labute approximate surface area is 158 Å². The third-order valence-corrected chi connectivity index (χ3v) is 4.51. The number of ketones is 1. The zero-order valence-corrected chi connectivity index (χ0v) is 14.8. The van der Waals surface area contributed by atoms with Crippen LogP contribution in [0.2, 0.25) is 0 Å². The molecule has 3 aromatic carbocycles. The Hall–Kier alpha value is -3.40. The summed E-state index contributed by atoms with van der Waals surface area (Å²) >= 11 is 0. The number of nitrogens with one attached hydrogen (secondary N) is 1. The maximum absolute atomic E-state index is 13.3. The first-order valence-corrected chi connectivity index (χ1v) is 8.83. The molecule has 2 N–H and O–H groups in total. The van der Waals surface area contributed by atoms with E-state index in [1.807, 2.05) is 78.9 Å². The van der Waals surface area contributed by atoms with Crippen LogP contribution in [0.3, 0.4) is 0 Å². The number of hydrogen-bond donors (Lipinski definition) is 2. The van der Waals surface area contributed by atoms with Crippen LogP contribution in [0.25, 0.3) is 0 Å². The molecule has 0 aliphatic heterocycles. The van der Waals surface area contributed by atoms with Gasteiger partial charge >= 0.3 is 6.09 Å². The molecule has 4 nitrogen and oxygen atoms in total. The van der Waals surface area contributed by atoms with Crippen LogP contribution in [-0.2, 0) is 6.42 Å². The second-order valence-electron chi connectivity index (χ2n) is 6.36. The first kappa shape index (κ1) is 18.4. The van der Waals surface area contributed by atoms with Gasteiger partial charge in [-0.3, -0.25) is 4.79 Å².